The van der Waals surface area contributed by atoms with Crippen LogP contribution >= 0.6 is 0 Å². The number of hydrogen-bond acceptors (Lipinski definition) is 3. The second-order valence-corrected chi connectivity index (χ2v) is 10.6. The second-order valence-electron chi connectivity index (χ2n) is 10.6. The van der Waals surface area contributed by atoms with E-state index in [1.807, 2.05) is 32.9 Å². The first kappa shape index (κ1) is 22.2. The molecule has 0 aliphatic heterocycles. The first-order valence-corrected chi connectivity index (χ1v) is 12.1. The summed E-state index contributed by atoms with van der Waals surface area (Å²) >= 11 is 0. The van der Waals surface area contributed by atoms with Gasteiger partial charge in [0, 0.05) is 6.04 Å². The van der Waals surface area contributed by atoms with Gasteiger partial charge < -0.3 is 15.4 Å². The maximum absolute atomic E-state index is 13.3. The molecule has 1 unspecified atom stereocenters. The molecule has 0 radical (unpaired) electrons. The van der Waals surface area contributed by atoms with Gasteiger partial charge in [0.25, 0.3) is 5.91 Å². The van der Waals surface area contributed by atoms with Crippen molar-refractivity contribution in [3.8, 4) is 5.75 Å². The molecule has 5 nitrogen and oxygen atoms in total. The maximum Gasteiger partial charge on any atom is 0.255 e. The van der Waals surface area contributed by atoms with Crippen molar-refractivity contribution in [2.75, 3.05) is 6.61 Å². The van der Waals surface area contributed by atoms with Crippen LogP contribution in [0.2, 0.25) is 0 Å². The zero-order valence-corrected chi connectivity index (χ0v) is 19.4. The highest BCUT2D eigenvalue weighted by atomic mass is 16.5. The van der Waals surface area contributed by atoms with Crippen molar-refractivity contribution >= 4 is 11.8 Å². The quantitative estimate of drug-likeness (QED) is 0.640. The summed E-state index contributed by atoms with van der Waals surface area (Å²) in [4.78, 5) is 26.3. The fraction of sp³-hybridized carbons (Fsp3) is 0.692. The molecule has 1 aromatic rings. The summed E-state index contributed by atoms with van der Waals surface area (Å²) in [5.41, 5.74) is 0.717. The molecule has 4 bridgehead atoms. The summed E-state index contributed by atoms with van der Waals surface area (Å²) in [6.45, 7) is 8.53. The molecule has 4 saturated carbocycles. The number of nitrogens with one attached hydrogen (secondary N) is 2. The zero-order chi connectivity index (χ0) is 22.2. The van der Waals surface area contributed by atoms with E-state index >= 15 is 0 Å². The van der Waals surface area contributed by atoms with Crippen LogP contribution in [0.15, 0.2) is 24.3 Å². The van der Waals surface area contributed by atoms with Crippen LogP contribution in [0.3, 0.4) is 0 Å². The van der Waals surface area contributed by atoms with E-state index in [2.05, 4.69) is 17.6 Å². The average molecular weight is 427 g/mol. The Kier molecular flexibility index (Phi) is 6.32. The van der Waals surface area contributed by atoms with Crippen LogP contribution in [0.1, 0.15) is 76.6 Å². The normalized spacial score (nSPS) is 30.7. The van der Waals surface area contributed by atoms with Crippen molar-refractivity contribution in [2.24, 2.45) is 29.1 Å². The van der Waals surface area contributed by atoms with Crippen LogP contribution in [-0.2, 0) is 4.79 Å². The van der Waals surface area contributed by atoms with Crippen molar-refractivity contribution in [1.29, 1.82) is 0 Å². The van der Waals surface area contributed by atoms with Crippen molar-refractivity contribution in [3.05, 3.63) is 29.8 Å². The molecule has 2 amide bonds. The molecular formula is C26H38N2O3. The van der Waals surface area contributed by atoms with Gasteiger partial charge in [0.1, 0.15) is 11.8 Å². The van der Waals surface area contributed by atoms with Gasteiger partial charge in [0.15, 0.2) is 0 Å². The highest BCUT2D eigenvalue weighted by molar-refractivity contribution is 5.99. The Hall–Kier alpha value is -2.04. The molecule has 2 atom stereocenters. The molecule has 0 aromatic heterocycles. The Morgan fingerprint density at radius 3 is 2.13 bits per heavy atom. The van der Waals surface area contributed by atoms with E-state index in [4.69, 9.17) is 4.74 Å². The van der Waals surface area contributed by atoms with E-state index in [0.29, 0.717) is 17.9 Å². The van der Waals surface area contributed by atoms with Crippen molar-refractivity contribution in [2.45, 2.75) is 78.3 Å². The van der Waals surface area contributed by atoms with E-state index in [9.17, 15) is 9.59 Å². The van der Waals surface area contributed by atoms with Gasteiger partial charge in [-0.05, 0) is 93.6 Å². The van der Waals surface area contributed by atoms with Crippen LogP contribution in [0.5, 0.6) is 5.75 Å². The Labute approximate surface area is 186 Å². The summed E-state index contributed by atoms with van der Waals surface area (Å²) in [6.07, 6.45) is 7.93. The second kappa shape index (κ2) is 8.84. The third-order valence-electron chi connectivity index (χ3n) is 8.03. The largest absolute Gasteiger partial charge is 0.493 e. The summed E-state index contributed by atoms with van der Waals surface area (Å²) < 4.78 is 5.60. The van der Waals surface area contributed by atoms with Crippen LogP contribution in [-0.4, -0.2) is 30.5 Å². The topological polar surface area (TPSA) is 67.4 Å². The number of hydrogen-bond donors (Lipinski definition) is 2. The van der Waals surface area contributed by atoms with Gasteiger partial charge in [0.2, 0.25) is 5.91 Å². The van der Waals surface area contributed by atoms with Crippen molar-refractivity contribution in [3.63, 3.8) is 0 Å². The van der Waals surface area contributed by atoms with E-state index < -0.39 is 6.04 Å². The molecule has 5 heteroatoms. The molecule has 1 aromatic carbocycles. The number of amides is 2. The van der Waals surface area contributed by atoms with Crippen molar-refractivity contribution in [1.82, 2.24) is 10.6 Å². The Morgan fingerprint density at radius 1 is 1.00 bits per heavy atom. The molecule has 5 rings (SSSR count). The lowest BCUT2D eigenvalue weighted by Crippen LogP contribution is -2.59. The lowest BCUT2D eigenvalue weighted by molar-refractivity contribution is -0.128. The minimum atomic E-state index is -0.571. The maximum atomic E-state index is 13.3. The molecule has 4 fully saturated rings. The molecule has 4 aliphatic carbocycles. The summed E-state index contributed by atoms with van der Waals surface area (Å²) in [5, 5.41) is 6.31. The predicted molar refractivity (Wildman–Crippen MR) is 122 cm³/mol. The van der Waals surface area contributed by atoms with Crippen LogP contribution in [0.4, 0.5) is 0 Å². The fourth-order valence-electron chi connectivity index (χ4n) is 6.85. The van der Waals surface area contributed by atoms with E-state index in [1.54, 1.807) is 12.1 Å². The molecule has 170 valence electrons. The van der Waals surface area contributed by atoms with E-state index in [1.165, 1.54) is 38.5 Å². The average Bonchev–Trinajstić information content (AvgIpc) is 2.71. The first-order chi connectivity index (χ1) is 14.8. The third-order valence-corrected chi connectivity index (χ3v) is 8.03. The molecular weight excluding hydrogens is 388 g/mol. The lowest BCUT2D eigenvalue weighted by Gasteiger charge is -2.59. The van der Waals surface area contributed by atoms with Gasteiger partial charge in [0.05, 0.1) is 12.2 Å². The Balaban J connectivity index is 1.44. The number of benzene rings is 1. The first-order valence-electron chi connectivity index (χ1n) is 12.1. The Bertz CT molecular complexity index is 783. The molecule has 2 N–H and O–H groups in total. The molecule has 31 heavy (non-hydrogen) atoms. The van der Waals surface area contributed by atoms with Gasteiger partial charge in [-0.3, -0.25) is 9.59 Å². The number of carbonyl (C=O) groups excluding carboxylic acids is 2. The summed E-state index contributed by atoms with van der Waals surface area (Å²) in [7, 11) is 0. The number of ether oxygens (including phenoxy) is 1. The number of rotatable bonds is 8. The van der Waals surface area contributed by atoms with E-state index in [0.717, 1.165) is 17.8 Å². The van der Waals surface area contributed by atoms with E-state index in [-0.39, 0.29) is 29.2 Å². The van der Waals surface area contributed by atoms with Gasteiger partial charge in [-0.2, -0.15) is 0 Å². The predicted octanol–water partition coefficient (Wildman–Crippen LogP) is 4.56. The Morgan fingerprint density at radius 2 is 1.58 bits per heavy atom. The fourth-order valence-corrected chi connectivity index (χ4v) is 6.85. The standard InChI is InChI=1S/C26H38N2O3/c1-5-31-22-9-7-6-8-21(22)24(29)28-23(16(2)3)25(30)27-17(4)26-13-18-10-19(14-26)12-20(11-18)15-26/h6-9,16-20,23H,5,10-15H2,1-4H3,(H,27,30)(H,28,29)/t17?,18?,19?,20?,23-,26?/m0/s1. The van der Waals surface area contributed by atoms with Gasteiger partial charge in [-0.25, -0.2) is 0 Å². The van der Waals surface area contributed by atoms with Crippen LogP contribution < -0.4 is 15.4 Å². The minimum absolute atomic E-state index is 0.00762. The molecule has 4 aliphatic rings. The van der Waals surface area contributed by atoms with Gasteiger partial charge in [-0.15, -0.1) is 0 Å². The summed E-state index contributed by atoms with van der Waals surface area (Å²) in [6, 6.07) is 6.77. The third kappa shape index (κ3) is 4.47. The molecule has 0 saturated heterocycles. The SMILES string of the molecule is CCOc1ccccc1C(=O)N[C@H](C(=O)NC(C)C12CC3CC(CC(C3)C1)C2)C(C)C. The zero-order valence-electron chi connectivity index (χ0n) is 19.4. The van der Waals surface area contributed by atoms with Crippen molar-refractivity contribution < 1.29 is 14.3 Å². The minimum Gasteiger partial charge on any atom is -0.493 e. The highest BCUT2D eigenvalue weighted by Crippen LogP contribution is 2.61. The number of carbonyl (C=O) groups is 2. The van der Waals surface area contributed by atoms with Crippen LogP contribution in [0, 0.1) is 29.1 Å². The van der Waals surface area contributed by atoms with Gasteiger partial charge >= 0.3 is 0 Å². The van der Waals surface area contributed by atoms with Crippen LogP contribution in [0.25, 0.3) is 0 Å². The van der Waals surface area contributed by atoms with Gasteiger partial charge in [-0.1, -0.05) is 26.0 Å². The lowest BCUT2D eigenvalue weighted by atomic mass is 9.48. The number of para-hydroxylation sites is 1. The highest BCUT2D eigenvalue weighted by Gasteiger charge is 2.53. The monoisotopic (exact) mass is 426 g/mol. The smallest absolute Gasteiger partial charge is 0.255 e. The molecule has 0 spiro atoms. The molecule has 0 heterocycles. The summed E-state index contributed by atoms with van der Waals surface area (Å²) in [5.74, 6) is 2.75.